The second-order valence-electron chi connectivity index (χ2n) is 7.83. The molecule has 34 heavy (non-hydrogen) atoms. The number of hydrogen-bond donors (Lipinski definition) is 3. The number of rotatable bonds is 5. The van der Waals surface area contributed by atoms with Crippen LogP contribution >= 0.6 is 0 Å². The number of carbonyl (C=O) groups excluding carboxylic acids is 1. The molecule has 3 rings (SSSR count). The zero-order valence-electron chi connectivity index (χ0n) is 18.3. The molecule has 176 valence electrons. The van der Waals surface area contributed by atoms with Gasteiger partial charge in [-0.2, -0.15) is 0 Å². The van der Waals surface area contributed by atoms with Crippen molar-refractivity contribution in [3.05, 3.63) is 83.9 Å². The summed E-state index contributed by atoms with van der Waals surface area (Å²) in [5.74, 6) is 4.64. The van der Waals surface area contributed by atoms with Crippen molar-refractivity contribution >= 4 is 26.0 Å². The van der Waals surface area contributed by atoms with Crippen LogP contribution in [0.5, 0.6) is 0 Å². The highest BCUT2D eigenvalue weighted by atomic mass is 32.2. The first kappa shape index (κ1) is 25.1. The van der Waals surface area contributed by atoms with Crippen LogP contribution in [-0.4, -0.2) is 33.5 Å². The fraction of sp³-hybridized carbons (Fsp3) is 0.125. The molecule has 0 unspecified atom stereocenters. The molecule has 3 aromatic carbocycles. The number of benzene rings is 3. The molecule has 8 nitrogen and oxygen atoms in total. The SMILES string of the molecule is CC(C)(O)C#Cc1ccccc1-c1ccccc1C(=O)NS(=O)(=O)c1ccccc1S(N)(=O)=O. The number of aliphatic hydroxyl groups is 1. The molecule has 1 amide bonds. The summed E-state index contributed by atoms with van der Waals surface area (Å²) < 4.78 is 51.4. The van der Waals surface area contributed by atoms with Crippen molar-refractivity contribution in [2.45, 2.75) is 29.2 Å². The van der Waals surface area contributed by atoms with Crippen molar-refractivity contribution in [3.8, 4) is 23.0 Å². The Balaban J connectivity index is 2.07. The van der Waals surface area contributed by atoms with Gasteiger partial charge in [0.25, 0.3) is 15.9 Å². The number of amides is 1. The Morgan fingerprint density at radius 2 is 1.38 bits per heavy atom. The minimum atomic E-state index is -4.58. The average molecular weight is 499 g/mol. The molecule has 0 bridgehead atoms. The maximum atomic E-state index is 13.1. The highest BCUT2D eigenvalue weighted by Crippen LogP contribution is 2.28. The van der Waals surface area contributed by atoms with Crippen LogP contribution in [0.1, 0.15) is 29.8 Å². The van der Waals surface area contributed by atoms with Crippen molar-refractivity contribution < 1.29 is 26.7 Å². The van der Waals surface area contributed by atoms with Crippen molar-refractivity contribution in [2.75, 3.05) is 0 Å². The van der Waals surface area contributed by atoms with E-state index >= 15 is 0 Å². The highest BCUT2D eigenvalue weighted by molar-refractivity contribution is 7.92. The number of carbonyl (C=O) groups is 1. The first-order valence-electron chi connectivity index (χ1n) is 9.92. The van der Waals surface area contributed by atoms with E-state index in [0.29, 0.717) is 16.7 Å². The topological polar surface area (TPSA) is 144 Å². The van der Waals surface area contributed by atoms with Crippen LogP contribution in [0, 0.1) is 11.8 Å². The van der Waals surface area contributed by atoms with Gasteiger partial charge in [-0.05, 0) is 49.2 Å². The summed E-state index contributed by atoms with van der Waals surface area (Å²) in [6, 6.07) is 17.9. The Hall–Kier alpha value is -3.49. The molecule has 0 aliphatic carbocycles. The first-order valence-corrected chi connectivity index (χ1v) is 13.0. The Bertz CT molecular complexity index is 1530. The smallest absolute Gasteiger partial charge is 0.265 e. The van der Waals surface area contributed by atoms with Gasteiger partial charge in [0.2, 0.25) is 10.0 Å². The van der Waals surface area contributed by atoms with Crippen molar-refractivity contribution in [1.29, 1.82) is 0 Å². The van der Waals surface area contributed by atoms with Gasteiger partial charge in [-0.1, -0.05) is 60.4 Å². The molecule has 3 aromatic rings. The summed E-state index contributed by atoms with van der Waals surface area (Å²) in [5.41, 5.74) is 0.251. The third-order valence-electron chi connectivity index (χ3n) is 4.56. The van der Waals surface area contributed by atoms with Gasteiger partial charge in [0.05, 0.1) is 0 Å². The van der Waals surface area contributed by atoms with Crippen molar-refractivity contribution in [3.63, 3.8) is 0 Å². The lowest BCUT2D eigenvalue weighted by molar-refractivity contribution is 0.0982. The van der Waals surface area contributed by atoms with Crippen LogP contribution in [0.4, 0.5) is 0 Å². The molecule has 0 aliphatic rings. The van der Waals surface area contributed by atoms with Gasteiger partial charge in [-0.25, -0.2) is 26.7 Å². The molecule has 0 saturated carbocycles. The van der Waals surface area contributed by atoms with Crippen molar-refractivity contribution in [1.82, 2.24) is 4.72 Å². The van der Waals surface area contributed by atoms with E-state index < -0.39 is 41.3 Å². The number of nitrogens with two attached hydrogens (primary N) is 1. The van der Waals surface area contributed by atoms with Gasteiger partial charge >= 0.3 is 0 Å². The zero-order chi connectivity index (χ0) is 25.1. The number of sulfonamides is 2. The van der Waals surface area contributed by atoms with Gasteiger partial charge in [0.1, 0.15) is 15.4 Å². The maximum absolute atomic E-state index is 13.1. The van der Waals surface area contributed by atoms with Gasteiger partial charge in [-0.15, -0.1) is 0 Å². The summed E-state index contributed by atoms with van der Waals surface area (Å²) in [5, 5.41) is 15.1. The largest absolute Gasteiger partial charge is 0.378 e. The molecule has 0 heterocycles. The number of nitrogens with one attached hydrogen (secondary N) is 1. The molecular formula is C24H22N2O6S2. The van der Waals surface area contributed by atoms with Crippen LogP contribution in [-0.2, 0) is 20.0 Å². The Morgan fingerprint density at radius 1 is 0.853 bits per heavy atom. The van der Waals surface area contributed by atoms with Gasteiger partial charge in [0, 0.05) is 11.1 Å². The lowest BCUT2D eigenvalue weighted by atomic mass is 9.95. The molecule has 0 fully saturated rings. The lowest BCUT2D eigenvalue weighted by Gasteiger charge is -2.14. The molecule has 0 radical (unpaired) electrons. The molecule has 0 saturated heterocycles. The standard InChI is InChI=1S/C24H22N2O6S2/c1-24(2,28)16-15-17-9-3-4-10-18(17)19-11-5-6-12-20(19)23(27)26-34(31,32)22-14-8-7-13-21(22)33(25,29)30/h3-14,28H,1-2H3,(H,26,27)(H2,25,29,30). The van der Waals surface area contributed by atoms with Crippen LogP contribution < -0.4 is 9.86 Å². The molecular weight excluding hydrogens is 476 g/mol. The van der Waals surface area contributed by atoms with E-state index in [2.05, 4.69) is 11.8 Å². The number of primary sulfonamides is 1. The maximum Gasteiger partial charge on any atom is 0.265 e. The molecule has 4 N–H and O–H groups in total. The molecule has 0 spiro atoms. The highest BCUT2D eigenvalue weighted by Gasteiger charge is 2.27. The second kappa shape index (κ2) is 9.40. The van der Waals surface area contributed by atoms with E-state index in [0.717, 1.165) is 12.1 Å². The molecule has 10 heteroatoms. The monoisotopic (exact) mass is 498 g/mol. The first-order chi connectivity index (χ1) is 15.8. The number of hydrogen-bond acceptors (Lipinski definition) is 6. The van der Waals surface area contributed by atoms with Crippen LogP contribution in [0.15, 0.2) is 82.6 Å². The zero-order valence-corrected chi connectivity index (χ0v) is 19.9. The lowest BCUT2D eigenvalue weighted by Crippen LogP contribution is -2.32. The minimum absolute atomic E-state index is 0.0247. The predicted molar refractivity (Wildman–Crippen MR) is 128 cm³/mol. The van der Waals surface area contributed by atoms with E-state index in [1.165, 1.54) is 32.0 Å². The third-order valence-corrected chi connectivity index (χ3v) is 7.05. The summed E-state index contributed by atoms with van der Waals surface area (Å²) >= 11 is 0. The van der Waals surface area contributed by atoms with Gasteiger partial charge in [-0.3, -0.25) is 4.79 Å². The van der Waals surface area contributed by atoms with E-state index in [4.69, 9.17) is 5.14 Å². The minimum Gasteiger partial charge on any atom is -0.378 e. The van der Waals surface area contributed by atoms with E-state index in [9.17, 15) is 26.7 Å². The quantitative estimate of drug-likeness (QED) is 0.460. The van der Waals surface area contributed by atoms with Gasteiger partial charge in [0.15, 0.2) is 0 Å². The predicted octanol–water partition coefficient (Wildman–Crippen LogP) is 2.24. The summed E-state index contributed by atoms with van der Waals surface area (Å²) in [6.07, 6.45) is 0. The normalized spacial score (nSPS) is 11.9. The second-order valence-corrected chi connectivity index (χ2v) is 11.0. The van der Waals surface area contributed by atoms with Gasteiger partial charge < -0.3 is 5.11 Å². The Morgan fingerprint density at radius 3 is 2.00 bits per heavy atom. The molecule has 0 atom stereocenters. The van der Waals surface area contributed by atoms with E-state index in [-0.39, 0.29) is 5.56 Å². The third kappa shape index (κ3) is 5.89. The van der Waals surface area contributed by atoms with E-state index in [1.807, 2.05) is 4.72 Å². The molecule has 0 aromatic heterocycles. The summed E-state index contributed by atoms with van der Waals surface area (Å²) in [7, 11) is -8.94. The van der Waals surface area contributed by atoms with Crippen molar-refractivity contribution in [2.24, 2.45) is 5.14 Å². The Labute approximate surface area is 198 Å². The van der Waals surface area contributed by atoms with E-state index in [1.54, 1.807) is 42.5 Å². The fourth-order valence-electron chi connectivity index (χ4n) is 3.10. The fourth-order valence-corrected chi connectivity index (χ4v) is 5.45. The summed E-state index contributed by atoms with van der Waals surface area (Å²) in [6.45, 7) is 3.07. The van der Waals surface area contributed by atoms with Crippen LogP contribution in [0.3, 0.4) is 0 Å². The summed E-state index contributed by atoms with van der Waals surface area (Å²) in [4.78, 5) is 11.8. The van der Waals surface area contributed by atoms with Crippen LogP contribution in [0.25, 0.3) is 11.1 Å². The van der Waals surface area contributed by atoms with Crippen LogP contribution in [0.2, 0.25) is 0 Å². The average Bonchev–Trinajstić information content (AvgIpc) is 2.76. The molecule has 0 aliphatic heterocycles. The Kier molecular flexibility index (Phi) is 6.95.